The summed E-state index contributed by atoms with van der Waals surface area (Å²) in [6, 6.07) is 6.16. The second-order valence-corrected chi connectivity index (χ2v) is 6.25. The topological polar surface area (TPSA) is 41.6 Å². The van der Waals surface area contributed by atoms with Crippen LogP contribution in [-0.2, 0) is 4.79 Å². The van der Waals surface area contributed by atoms with Crippen LogP contribution in [0.1, 0.15) is 38.3 Å². The van der Waals surface area contributed by atoms with Crippen molar-refractivity contribution in [2.45, 2.75) is 32.7 Å². The number of hydrogen-bond acceptors (Lipinski definition) is 3. The molecule has 0 radical (unpaired) electrons. The number of benzene rings is 1. The molecule has 1 atom stereocenters. The maximum Gasteiger partial charge on any atom is 0.260 e. The Morgan fingerprint density at radius 1 is 1.43 bits per heavy atom. The third-order valence-corrected chi connectivity index (χ3v) is 4.26. The van der Waals surface area contributed by atoms with E-state index in [1.54, 1.807) is 0 Å². The molecule has 4 nitrogen and oxygen atoms in total. The van der Waals surface area contributed by atoms with Crippen molar-refractivity contribution in [2.75, 3.05) is 26.2 Å². The fraction of sp³-hybridized carbons (Fsp3) is 0.562. The summed E-state index contributed by atoms with van der Waals surface area (Å²) in [7, 11) is 0. The van der Waals surface area contributed by atoms with Crippen LogP contribution in [0, 0.1) is 0 Å². The number of amides is 1. The van der Waals surface area contributed by atoms with Gasteiger partial charge in [-0.25, -0.2) is 0 Å². The standard InChI is InChI=1S/C16H23BrN2O2/c1-3-18-12(2)14-7-6-13(17)10-15(14)21-11-16(20)19-8-4-5-9-19/h6-7,10,12,18H,3-5,8-9,11H2,1-2H3. The summed E-state index contributed by atoms with van der Waals surface area (Å²) >= 11 is 3.46. The lowest BCUT2D eigenvalue weighted by Crippen LogP contribution is -2.32. The van der Waals surface area contributed by atoms with E-state index in [-0.39, 0.29) is 18.6 Å². The van der Waals surface area contributed by atoms with Gasteiger partial charge in [-0.05, 0) is 38.4 Å². The average Bonchev–Trinajstić information content (AvgIpc) is 2.99. The van der Waals surface area contributed by atoms with Crippen molar-refractivity contribution in [1.82, 2.24) is 10.2 Å². The first-order valence-corrected chi connectivity index (χ1v) is 8.34. The van der Waals surface area contributed by atoms with Crippen LogP contribution in [0.15, 0.2) is 22.7 Å². The van der Waals surface area contributed by atoms with Crippen molar-refractivity contribution in [3.63, 3.8) is 0 Å². The summed E-state index contributed by atoms with van der Waals surface area (Å²) in [5.41, 5.74) is 1.08. The third kappa shape index (κ3) is 4.45. The molecule has 116 valence electrons. The largest absolute Gasteiger partial charge is 0.483 e. The molecule has 2 rings (SSSR count). The Labute approximate surface area is 135 Å². The maximum atomic E-state index is 12.1. The van der Waals surface area contributed by atoms with Gasteiger partial charge in [0.2, 0.25) is 0 Å². The monoisotopic (exact) mass is 354 g/mol. The highest BCUT2D eigenvalue weighted by Gasteiger charge is 2.19. The van der Waals surface area contributed by atoms with Gasteiger partial charge in [-0.1, -0.05) is 28.9 Å². The second-order valence-electron chi connectivity index (χ2n) is 5.34. The summed E-state index contributed by atoms with van der Waals surface area (Å²) < 4.78 is 6.76. The molecule has 1 saturated heterocycles. The first-order chi connectivity index (χ1) is 10.1. The lowest BCUT2D eigenvalue weighted by Gasteiger charge is -2.20. The van der Waals surface area contributed by atoms with Crippen molar-refractivity contribution in [3.8, 4) is 5.75 Å². The zero-order chi connectivity index (χ0) is 15.2. The summed E-state index contributed by atoms with van der Waals surface area (Å²) in [6.07, 6.45) is 2.21. The van der Waals surface area contributed by atoms with Crippen molar-refractivity contribution < 1.29 is 9.53 Å². The summed E-state index contributed by atoms with van der Waals surface area (Å²) in [5, 5.41) is 3.37. The number of nitrogens with one attached hydrogen (secondary N) is 1. The molecule has 5 heteroatoms. The number of likely N-dealkylation sites (tertiary alicyclic amines) is 1. The zero-order valence-electron chi connectivity index (χ0n) is 12.7. The van der Waals surface area contributed by atoms with Gasteiger partial charge in [0.1, 0.15) is 5.75 Å². The number of carbonyl (C=O) groups is 1. The second kappa shape index (κ2) is 7.80. The van der Waals surface area contributed by atoms with Gasteiger partial charge in [0, 0.05) is 29.2 Å². The quantitative estimate of drug-likeness (QED) is 0.853. The van der Waals surface area contributed by atoms with Crippen LogP contribution in [0.25, 0.3) is 0 Å². The van der Waals surface area contributed by atoms with E-state index in [1.807, 2.05) is 23.1 Å². The molecule has 0 aromatic heterocycles. The zero-order valence-corrected chi connectivity index (χ0v) is 14.3. The lowest BCUT2D eigenvalue weighted by molar-refractivity contribution is -0.132. The van der Waals surface area contributed by atoms with Gasteiger partial charge in [-0.3, -0.25) is 4.79 Å². The predicted molar refractivity (Wildman–Crippen MR) is 87.5 cm³/mol. The number of halogens is 1. The molecule has 0 bridgehead atoms. The number of hydrogen-bond donors (Lipinski definition) is 1. The third-order valence-electron chi connectivity index (χ3n) is 3.76. The maximum absolute atomic E-state index is 12.1. The highest BCUT2D eigenvalue weighted by Crippen LogP contribution is 2.28. The van der Waals surface area contributed by atoms with Gasteiger partial charge in [0.25, 0.3) is 5.91 Å². The molecule has 1 aliphatic heterocycles. The first-order valence-electron chi connectivity index (χ1n) is 7.55. The van der Waals surface area contributed by atoms with Gasteiger partial charge in [0.05, 0.1) is 0 Å². The molecule has 1 unspecified atom stereocenters. The molecule has 1 aromatic carbocycles. The minimum Gasteiger partial charge on any atom is -0.483 e. The Morgan fingerprint density at radius 3 is 2.81 bits per heavy atom. The number of rotatable bonds is 6. The Morgan fingerprint density at radius 2 is 2.14 bits per heavy atom. The fourth-order valence-corrected chi connectivity index (χ4v) is 2.94. The van der Waals surface area contributed by atoms with E-state index < -0.39 is 0 Å². The predicted octanol–water partition coefficient (Wildman–Crippen LogP) is 3.12. The van der Waals surface area contributed by atoms with E-state index in [9.17, 15) is 4.79 Å². The molecular formula is C16H23BrN2O2. The van der Waals surface area contributed by atoms with E-state index >= 15 is 0 Å². The lowest BCUT2D eigenvalue weighted by atomic mass is 10.1. The molecule has 0 aliphatic carbocycles. The molecule has 1 heterocycles. The normalized spacial score (nSPS) is 16.0. The number of nitrogens with zero attached hydrogens (tertiary/aromatic N) is 1. The van der Waals surface area contributed by atoms with Crippen LogP contribution in [0.2, 0.25) is 0 Å². The molecule has 1 fully saturated rings. The number of ether oxygens (including phenoxy) is 1. The van der Waals surface area contributed by atoms with E-state index in [4.69, 9.17) is 4.74 Å². The van der Waals surface area contributed by atoms with Crippen molar-refractivity contribution in [1.29, 1.82) is 0 Å². The van der Waals surface area contributed by atoms with Crippen molar-refractivity contribution in [3.05, 3.63) is 28.2 Å². The highest BCUT2D eigenvalue weighted by molar-refractivity contribution is 9.10. The molecule has 1 N–H and O–H groups in total. The van der Waals surface area contributed by atoms with Gasteiger partial charge < -0.3 is 15.0 Å². The summed E-state index contributed by atoms with van der Waals surface area (Å²) in [6.45, 7) is 6.91. The smallest absolute Gasteiger partial charge is 0.260 e. The minimum absolute atomic E-state index is 0.0783. The van der Waals surface area contributed by atoms with Crippen LogP contribution in [0.3, 0.4) is 0 Å². The van der Waals surface area contributed by atoms with Crippen molar-refractivity contribution in [2.24, 2.45) is 0 Å². The molecule has 0 saturated carbocycles. The average molecular weight is 355 g/mol. The van der Waals surface area contributed by atoms with Crippen LogP contribution < -0.4 is 10.1 Å². The van der Waals surface area contributed by atoms with Crippen molar-refractivity contribution >= 4 is 21.8 Å². The molecule has 0 spiro atoms. The van der Waals surface area contributed by atoms with Gasteiger partial charge >= 0.3 is 0 Å². The van der Waals surface area contributed by atoms with Crippen LogP contribution in [0.5, 0.6) is 5.75 Å². The highest BCUT2D eigenvalue weighted by atomic mass is 79.9. The summed E-state index contributed by atoms with van der Waals surface area (Å²) in [5.74, 6) is 0.847. The Hall–Kier alpha value is -1.07. The SMILES string of the molecule is CCNC(C)c1ccc(Br)cc1OCC(=O)N1CCCC1. The molecule has 1 aliphatic rings. The van der Waals surface area contributed by atoms with Gasteiger partial charge in [-0.2, -0.15) is 0 Å². The fourth-order valence-electron chi connectivity index (χ4n) is 2.60. The minimum atomic E-state index is 0.0783. The molecular weight excluding hydrogens is 332 g/mol. The first kappa shape index (κ1) is 16.3. The summed E-state index contributed by atoms with van der Waals surface area (Å²) in [4.78, 5) is 14.0. The Kier molecular flexibility index (Phi) is 6.06. The van der Waals surface area contributed by atoms with Crippen LogP contribution >= 0.6 is 15.9 Å². The van der Waals surface area contributed by atoms with Gasteiger partial charge in [-0.15, -0.1) is 0 Å². The molecule has 1 aromatic rings. The van der Waals surface area contributed by atoms with E-state index in [2.05, 4.69) is 35.1 Å². The van der Waals surface area contributed by atoms with Crippen LogP contribution in [-0.4, -0.2) is 37.0 Å². The molecule has 1 amide bonds. The van der Waals surface area contributed by atoms with E-state index in [1.165, 1.54) is 0 Å². The van der Waals surface area contributed by atoms with Gasteiger partial charge in [0.15, 0.2) is 6.61 Å². The van der Waals surface area contributed by atoms with E-state index in [0.29, 0.717) is 0 Å². The van der Waals surface area contributed by atoms with Crippen LogP contribution in [0.4, 0.5) is 0 Å². The number of carbonyl (C=O) groups excluding carboxylic acids is 1. The Bertz CT molecular complexity index is 487. The van der Waals surface area contributed by atoms with E-state index in [0.717, 1.165) is 48.3 Å². The molecule has 21 heavy (non-hydrogen) atoms. The Balaban J connectivity index is 2.03.